The Morgan fingerprint density at radius 1 is 0.676 bits per heavy atom. The van der Waals surface area contributed by atoms with Gasteiger partial charge in [-0.1, -0.05) is 54.6 Å². The van der Waals surface area contributed by atoms with Crippen LogP contribution in [0.15, 0.2) is 108 Å². The molecule has 4 nitrogen and oxygen atoms in total. The normalized spacial score (nSPS) is 11.5. The van der Waals surface area contributed by atoms with Crippen molar-refractivity contribution in [2.75, 3.05) is 0 Å². The monoisotopic (exact) mass is 435 g/mol. The average molecular weight is 435 g/mol. The van der Waals surface area contributed by atoms with Gasteiger partial charge < -0.3 is 8.98 Å². The molecule has 0 fully saturated rings. The van der Waals surface area contributed by atoms with E-state index >= 15 is 0 Å². The van der Waals surface area contributed by atoms with E-state index in [0.29, 0.717) is 5.69 Å². The van der Waals surface area contributed by atoms with Gasteiger partial charge in [0.25, 0.3) is 0 Å². The maximum Gasteiger partial charge on any atom is 0.140 e. The van der Waals surface area contributed by atoms with E-state index in [0.717, 1.165) is 49.8 Å². The number of nitrogens with zero attached hydrogens (tertiary/aromatic N) is 3. The number of nitriles is 1. The molecule has 0 saturated carbocycles. The Morgan fingerprint density at radius 2 is 1.47 bits per heavy atom. The first-order valence-electron chi connectivity index (χ1n) is 11.1. The highest BCUT2D eigenvalue weighted by atomic mass is 16.3. The van der Waals surface area contributed by atoms with Gasteiger partial charge in [0.05, 0.1) is 16.7 Å². The molecule has 0 unspecified atom stereocenters. The lowest BCUT2D eigenvalue weighted by Gasteiger charge is -2.13. The highest BCUT2D eigenvalue weighted by Crippen LogP contribution is 2.39. The van der Waals surface area contributed by atoms with Crippen molar-refractivity contribution in [3.8, 4) is 22.9 Å². The van der Waals surface area contributed by atoms with Crippen molar-refractivity contribution in [1.82, 2.24) is 9.55 Å². The van der Waals surface area contributed by atoms with Crippen molar-refractivity contribution in [3.63, 3.8) is 0 Å². The van der Waals surface area contributed by atoms with E-state index in [4.69, 9.17) is 9.68 Å². The molecule has 7 rings (SSSR count). The minimum atomic E-state index is 0.408. The zero-order valence-corrected chi connectivity index (χ0v) is 18.1. The smallest absolute Gasteiger partial charge is 0.140 e. The minimum absolute atomic E-state index is 0.408. The SMILES string of the molecule is N#Cc1ccc(-c2ccccc2-n2c3ccccc3c3cc4c(cc32)oc2ccccc24)cn1. The molecule has 0 aliphatic heterocycles. The summed E-state index contributed by atoms with van der Waals surface area (Å²) in [5.41, 5.74) is 7.45. The third-order valence-corrected chi connectivity index (χ3v) is 6.51. The first-order valence-corrected chi connectivity index (χ1v) is 11.1. The molecule has 3 heterocycles. The van der Waals surface area contributed by atoms with Crippen molar-refractivity contribution < 1.29 is 4.42 Å². The van der Waals surface area contributed by atoms with E-state index in [1.165, 1.54) is 10.8 Å². The molecule has 0 radical (unpaired) electrons. The number of rotatable bonds is 2. The van der Waals surface area contributed by atoms with Crippen LogP contribution in [0.5, 0.6) is 0 Å². The third-order valence-electron chi connectivity index (χ3n) is 6.51. The van der Waals surface area contributed by atoms with Crippen LogP contribution in [0.4, 0.5) is 0 Å². The number of fused-ring (bicyclic) bond motifs is 6. The second-order valence-corrected chi connectivity index (χ2v) is 8.38. The molecule has 3 aromatic heterocycles. The summed E-state index contributed by atoms with van der Waals surface area (Å²) < 4.78 is 8.53. The molecule has 0 aliphatic rings. The number of pyridine rings is 1. The summed E-state index contributed by atoms with van der Waals surface area (Å²) in [5.74, 6) is 0. The number of aromatic nitrogens is 2. The van der Waals surface area contributed by atoms with Gasteiger partial charge in [0.15, 0.2) is 0 Å². The molecule has 0 N–H and O–H groups in total. The van der Waals surface area contributed by atoms with Crippen LogP contribution >= 0.6 is 0 Å². The van der Waals surface area contributed by atoms with Gasteiger partial charge >= 0.3 is 0 Å². The van der Waals surface area contributed by atoms with Gasteiger partial charge in [0, 0.05) is 44.9 Å². The molecule has 4 heteroatoms. The lowest BCUT2D eigenvalue weighted by molar-refractivity contribution is 0.669. The molecule has 0 saturated heterocycles. The van der Waals surface area contributed by atoms with E-state index in [1.54, 1.807) is 12.3 Å². The van der Waals surface area contributed by atoms with Crippen molar-refractivity contribution in [2.24, 2.45) is 0 Å². The van der Waals surface area contributed by atoms with Gasteiger partial charge in [-0.05, 0) is 36.4 Å². The summed E-state index contributed by atoms with van der Waals surface area (Å²) in [6.45, 7) is 0. The molecule has 0 amide bonds. The number of benzene rings is 4. The van der Waals surface area contributed by atoms with E-state index in [-0.39, 0.29) is 0 Å². The fourth-order valence-electron chi connectivity index (χ4n) is 4.98. The molecule has 0 atom stereocenters. The zero-order valence-electron chi connectivity index (χ0n) is 18.1. The van der Waals surface area contributed by atoms with Gasteiger partial charge in [-0.2, -0.15) is 5.26 Å². The average Bonchev–Trinajstić information content (AvgIpc) is 3.42. The summed E-state index contributed by atoms with van der Waals surface area (Å²) in [7, 11) is 0. The summed E-state index contributed by atoms with van der Waals surface area (Å²) in [4.78, 5) is 4.30. The number of hydrogen-bond acceptors (Lipinski definition) is 3. The number of para-hydroxylation sites is 3. The second kappa shape index (κ2) is 7.06. The molecule has 0 aliphatic carbocycles. The van der Waals surface area contributed by atoms with Crippen LogP contribution < -0.4 is 0 Å². The summed E-state index contributed by atoms with van der Waals surface area (Å²) in [6.07, 6.45) is 1.77. The minimum Gasteiger partial charge on any atom is -0.456 e. The van der Waals surface area contributed by atoms with Crippen molar-refractivity contribution in [1.29, 1.82) is 5.26 Å². The fourth-order valence-corrected chi connectivity index (χ4v) is 4.98. The van der Waals surface area contributed by atoms with Crippen LogP contribution in [-0.4, -0.2) is 9.55 Å². The molecule has 4 aromatic carbocycles. The maximum atomic E-state index is 9.15. The molecule has 34 heavy (non-hydrogen) atoms. The van der Waals surface area contributed by atoms with E-state index in [1.807, 2.05) is 30.3 Å². The Hall–Kier alpha value is -4.88. The predicted octanol–water partition coefficient (Wildman–Crippen LogP) is 7.62. The Kier molecular flexibility index (Phi) is 3.88. The quantitative estimate of drug-likeness (QED) is 0.281. The van der Waals surface area contributed by atoms with Crippen LogP contribution in [-0.2, 0) is 0 Å². The standard InChI is InChI=1S/C30H17N3O/c31-17-20-14-13-19(18-32-20)21-7-1-4-10-26(21)33-27-11-5-2-8-22(27)24-15-25-23-9-3-6-12-29(23)34-30(25)16-28(24)33/h1-16,18H. The van der Waals surface area contributed by atoms with Crippen molar-refractivity contribution in [2.45, 2.75) is 0 Å². The molecule has 158 valence electrons. The Bertz CT molecular complexity index is 1920. The summed E-state index contributed by atoms with van der Waals surface area (Å²) >= 11 is 0. The van der Waals surface area contributed by atoms with Gasteiger partial charge in [-0.25, -0.2) is 4.98 Å². The summed E-state index contributed by atoms with van der Waals surface area (Å²) in [5, 5.41) is 13.8. The summed E-state index contributed by atoms with van der Waals surface area (Å²) in [6, 6.07) is 35.2. The molecule has 7 aromatic rings. The second-order valence-electron chi connectivity index (χ2n) is 8.38. The van der Waals surface area contributed by atoms with Gasteiger partial charge in [0.1, 0.15) is 22.9 Å². The lowest BCUT2D eigenvalue weighted by atomic mass is 10.0. The number of hydrogen-bond donors (Lipinski definition) is 0. The molecule has 0 bridgehead atoms. The molecular weight excluding hydrogens is 418 g/mol. The Balaban J connectivity index is 1.59. The van der Waals surface area contributed by atoms with Crippen LogP contribution in [0, 0.1) is 11.3 Å². The topological polar surface area (TPSA) is 54.8 Å². The first kappa shape index (κ1) is 18.7. The van der Waals surface area contributed by atoms with Gasteiger partial charge in [0.2, 0.25) is 0 Å². The molecule has 0 spiro atoms. The van der Waals surface area contributed by atoms with Gasteiger partial charge in [-0.3, -0.25) is 0 Å². The Labute approximate surface area is 194 Å². The lowest BCUT2D eigenvalue weighted by Crippen LogP contribution is -1.97. The largest absolute Gasteiger partial charge is 0.456 e. The van der Waals surface area contributed by atoms with E-state index in [2.05, 4.69) is 76.3 Å². The van der Waals surface area contributed by atoms with Crippen molar-refractivity contribution in [3.05, 3.63) is 109 Å². The predicted molar refractivity (Wildman–Crippen MR) is 136 cm³/mol. The highest BCUT2D eigenvalue weighted by molar-refractivity contribution is 6.17. The highest BCUT2D eigenvalue weighted by Gasteiger charge is 2.18. The van der Waals surface area contributed by atoms with Crippen LogP contribution in [0.2, 0.25) is 0 Å². The van der Waals surface area contributed by atoms with E-state index in [9.17, 15) is 0 Å². The van der Waals surface area contributed by atoms with Crippen LogP contribution in [0.3, 0.4) is 0 Å². The van der Waals surface area contributed by atoms with Crippen LogP contribution in [0.25, 0.3) is 60.6 Å². The fraction of sp³-hybridized carbons (Fsp3) is 0. The van der Waals surface area contributed by atoms with Gasteiger partial charge in [-0.15, -0.1) is 0 Å². The number of furan rings is 1. The van der Waals surface area contributed by atoms with Crippen LogP contribution in [0.1, 0.15) is 5.69 Å². The zero-order chi connectivity index (χ0) is 22.6. The molecular formula is C30H17N3O. The Morgan fingerprint density at radius 3 is 2.32 bits per heavy atom. The van der Waals surface area contributed by atoms with Crippen molar-refractivity contribution >= 4 is 43.7 Å². The first-order chi connectivity index (χ1) is 16.8. The maximum absolute atomic E-state index is 9.15. The third kappa shape index (κ3) is 2.61. The van der Waals surface area contributed by atoms with E-state index < -0.39 is 0 Å².